The van der Waals surface area contributed by atoms with E-state index in [1.807, 2.05) is 0 Å². The Balaban J connectivity index is 0.00000182. The third-order valence-electron chi connectivity index (χ3n) is 5.17. The van der Waals surface area contributed by atoms with E-state index >= 15 is 0 Å². The largest absolute Gasteiger partial charge is 0.378 e. The highest BCUT2D eigenvalue weighted by Crippen LogP contribution is 2.36. The Morgan fingerprint density at radius 1 is 1.20 bits per heavy atom. The summed E-state index contributed by atoms with van der Waals surface area (Å²) in [4.78, 5) is 14.9. The van der Waals surface area contributed by atoms with Crippen LogP contribution in [0, 0.1) is 0 Å². The summed E-state index contributed by atoms with van der Waals surface area (Å²) >= 11 is 0. The summed E-state index contributed by atoms with van der Waals surface area (Å²) in [6, 6.07) is 15.2. The van der Waals surface area contributed by atoms with E-state index in [1.165, 1.54) is 16.3 Å². The molecule has 0 saturated carbocycles. The van der Waals surface area contributed by atoms with Crippen LogP contribution in [0.3, 0.4) is 0 Å². The van der Waals surface area contributed by atoms with Crippen molar-refractivity contribution in [3.05, 3.63) is 48.0 Å². The zero-order valence-electron chi connectivity index (χ0n) is 14.3. The van der Waals surface area contributed by atoms with Crippen LogP contribution in [0.2, 0.25) is 0 Å². The fourth-order valence-corrected chi connectivity index (χ4v) is 4.01. The number of benzene rings is 2. The van der Waals surface area contributed by atoms with Crippen LogP contribution in [0.15, 0.2) is 42.5 Å². The molecule has 2 aliphatic heterocycles. The summed E-state index contributed by atoms with van der Waals surface area (Å²) in [5, 5.41) is 5.90. The van der Waals surface area contributed by atoms with Gasteiger partial charge in [0.1, 0.15) is 0 Å². The number of morpholine rings is 1. The molecule has 2 atom stereocenters. The number of carbonyl (C=O) groups is 1. The molecular weight excluding hydrogens is 336 g/mol. The van der Waals surface area contributed by atoms with Gasteiger partial charge in [0.15, 0.2) is 0 Å². The van der Waals surface area contributed by atoms with Gasteiger partial charge in [0.25, 0.3) is 0 Å². The normalized spacial score (nSPS) is 23.4. The van der Waals surface area contributed by atoms with E-state index in [2.05, 4.69) is 52.7 Å². The molecule has 2 unspecified atom stereocenters. The lowest BCUT2D eigenvalue weighted by Crippen LogP contribution is -2.45. The highest BCUT2D eigenvalue weighted by molar-refractivity contribution is 5.87. The van der Waals surface area contributed by atoms with E-state index in [4.69, 9.17) is 4.74 Å². The molecule has 1 N–H and O–H groups in total. The van der Waals surface area contributed by atoms with Crippen molar-refractivity contribution in [2.75, 3.05) is 26.3 Å². The maximum atomic E-state index is 12.9. The van der Waals surface area contributed by atoms with Gasteiger partial charge in [-0.3, -0.25) is 4.79 Å². The molecule has 5 heteroatoms. The molecule has 0 bridgehead atoms. The summed E-state index contributed by atoms with van der Waals surface area (Å²) in [6.45, 7) is 3.08. The number of nitrogens with zero attached hydrogens (tertiary/aromatic N) is 1. The molecule has 134 valence electrons. The Bertz CT molecular complexity index is 725. The maximum absolute atomic E-state index is 12.9. The third-order valence-corrected chi connectivity index (χ3v) is 5.17. The minimum atomic E-state index is 0. The summed E-state index contributed by atoms with van der Waals surface area (Å²) < 4.78 is 5.48. The van der Waals surface area contributed by atoms with Gasteiger partial charge in [-0.2, -0.15) is 0 Å². The first-order valence-electron chi connectivity index (χ1n) is 8.91. The van der Waals surface area contributed by atoms with Crippen molar-refractivity contribution in [1.29, 1.82) is 0 Å². The van der Waals surface area contributed by atoms with Gasteiger partial charge in [-0.05, 0) is 29.2 Å². The molecule has 2 aliphatic rings. The number of fused-ring (bicyclic) bond motifs is 1. The summed E-state index contributed by atoms with van der Waals surface area (Å²) in [5.41, 5.74) is 1.28. The molecular formula is C20H25ClN2O2. The molecule has 25 heavy (non-hydrogen) atoms. The van der Waals surface area contributed by atoms with Gasteiger partial charge < -0.3 is 15.0 Å². The Morgan fingerprint density at radius 2 is 2.04 bits per heavy atom. The van der Waals surface area contributed by atoms with Crippen molar-refractivity contribution >= 4 is 29.1 Å². The van der Waals surface area contributed by atoms with E-state index in [0.29, 0.717) is 13.0 Å². The van der Waals surface area contributed by atoms with Crippen molar-refractivity contribution < 1.29 is 9.53 Å². The average molecular weight is 361 g/mol. The van der Waals surface area contributed by atoms with Crippen LogP contribution in [0.25, 0.3) is 10.8 Å². The molecule has 0 radical (unpaired) electrons. The second-order valence-electron chi connectivity index (χ2n) is 6.74. The Labute approximate surface area is 154 Å². The van der Waals surface area contributed by atoms with Gasteiger partial charge in [-0.15, -0.1) is 12.4 Å². The van der Waals surface area contributed by atoms with Crippen LogP contribution in [0.5, 0.6) is 0 Å². The summed E-state index contributed by atoms with van der Waals surface area (Å²) in [5.74, 6) is 0.244. The monoisotopic (exact) mass is 360 g/mol. The molecule has 4 nitrogen and oxygen atoms in total. The Morgan fingerprint density at radius 3 is 2.88 bits per heavy atom. The second-order valence-corrected chi connectivity index (χ2v) is 6.74. The van der Waals surface area contributed by atoms with Gasteiger partial charge >= 0.3 is 0 Å². The number of rotatable bonds is 3. The van der Waals surface area contributed by atoms with Crippen LogP contribution in [-0.2, 0) is 9.53 Å². The SMILES string of the molecule is Cl.O=C(CC1COCCN1)N1CCCC1c1cccc2ccccc12. The smallest absolute Gasteiger partial charge is 0.224 e. The molecule has 0 spiro atoms. The van der Waals surface area contributed by atoms with Crippen molar-refractivity contribution in [3.63, 3.8) is 0 Å². The predicted molar refractivity (Wildman–Crippen MR) is 102 cm³/mol. The van der Waals surface area contributed by atoms with Crippen LogP contribution < -0.4 is 5.32 Å². The molecule has 2 saturated heterocycles. The summed E-state index contributed by atoms with van der Waals surface area (Å²) in [7, 11) is 0. The number of halogens is 1. The maximum Gasteiger partial charge on any atom is 0.224 e. The van der Waals surface area contributed by atoms with Gasteiger partial charge in [0.05, 0.1) is 19.3 Å². The van der Waals surface area contributed by atoms with E-state index in [1.54, 1.807) is 0 Å². The standard InChI is InChI=1S/C20H24N2O2.ClH/c23-20(13-16-14-24-12-10-21-16)22-11-4-9-19(22)18-8-3-6-15-5-1-2-7-17(15)18;/h1-3,5-8,16,19,21H,4,9-14H2;1H. The number of nitrogens with one attached hydrogen (secondary N) is 1. The Kier molecular flexibility index (Phi) is 5.94. The fraction of sp³-hybridized carbons (Fsp3) is 0.450. The molecule has 0 aromatic heterocycles. The second kappa shape index (κ2) is 8.17. The zero-order valence-corrected chi connectivity index (χ0v) is 15.1. The van der Waals surface area contributed by atoms with Crippen LogP contribution in [0.1, 0.15) is 30.9 Å². The number of hydrogen-bond acceptors (Lipinski definition) is 3. The van der Waals surface area contributed by atoms with E-state index < -0.39 is 0 Å². The molecule has 2 aromatic carbocycles. The van der Waals surface area contributed by atoms with E-state index in [9.17, 15) is 4.79 Å². The lowest BCUT2D eigenvalue weighted by Gasteiger charge is -2.29. The number of likely N-dealkylation sites (tertiary alicyclic amines) is 1. The topological polar surface area (TPSA) is 41.6 Å². The van der Waals surface area contributed by atoms with Crippen molar-refractivity contribution in [1.82, 2.24) is 10.2 Å². The van der Waals surface area contributed by atoms with Crippen molar-refractivity contribution in [3.8, 4) is 0 Å². The Hall–Kier alpha value is -1.62. The predicted octanol–water partition coefficient (Wildman–Crippen LogP) is 3.30. The lowest BCUT2D eigenvalue weighted by atomic mass is 9.97. The van der Waals surface area contributed by atoms with Crippen molar-refractivity contribution in [2.45, 2.75) is 31.3 Å². The third kappa shape index (κ3) is 3.81. The van der Waals surface area contributed by atoms with E-state index in [-0.39, 0.29) is 30.4 Å². The van der Waals surface area contributed by atoms with Crippen molar-refractivity contribution in [2.24, 2.45) is 0 Å². The molecule has 2 aromatic rings. The minimum absolute atomic E-state index is 0. The van der Waals surface area contributed by atoms with Gasteiger partial charge in [-0.1, -0.05) is 42.5 Å². The highest BCUT2D eigenvalue weighted by atomic mass is 35.5. The average Bonchev–Trinajstić information content (AvgIpc) is 3.12. The highest BCUT2D eigenvalue weighted by Gasteiger charge is 2.32. The van der Waals surface area contributed by atoms with Crippen LogP contribution in [-0.4, -0.2) is 43.2 Å². The molecule has 4 rings (SSSR count). The first-order valence-corrected chi connectivity index (χ1v) is 8.91. The number of ether oxygens (including phenoxy) is 1. The van der Waals surface area contributed by atoms with E-state index in [0.717, 1.165) is 32.5 Å². The first kappa shape index (κ1) is 18.2. The lowest BCUT2D eigenvalue weighted by molar-refractivity contribution is -0.133. The van der Waals surface area contributed by atoms with Crippen LogP contribution >= 0.6 is 12.4 Å². The van der Waals surface area contributed by atoms with Crippen LogP contribution in [0.4, 0.5) is 0 Å². The molecule has 1 amide bonds. The van der Waals surface area contributed by atoms with Gasteiger partial charge in [0.2, 0.25) is 5.91 Å². The number of carbonyl (C=O) groups excluding carboxylic acids is 1. The quantitative estimate of drug-likeness (QED) is 0.913. The summed E-state index contributed by atoms with van der Waals surface area (Å²) in [6.07, 6.45) is 2.66. The minimum Gasteiger partial charge on any atom is -0.378 e. The van der Waals surface area contributed by atoms with Gasteiger partial charge in [0, 0.05) is 25.6 Å². The first-order chi connectivity index (χ1) is 11.8. The zero-order chi connectivity index (χ0) is 16.4. The fourth-order valence-electron chi connectivity index (χ4n) is 4.01. The molecule has 0 aliphatic carbocycles. The number of hydrogen-bond donors (Lipinski definition) is 1. The number of amides is 1. The molecule has 2 fully saturated rings. The van der Waals surface area contributed by atoms with Gasteiger partial charge in [-0.25, -0.2) is 0 Å². The molecule has 2 heterocycles.